The van der Waals surface area contributed by atoms with Crippen molar-refractivity contribution >= 4 is 11.8 Å². The Bertz CT molecular complexity index is 310. The Hall–Kier alpha value is -0.860. The SMILES string of the molecule is COC(=O)C1(C(=O)C2CCCCC2)CCCCC1. The van der Waals surface area contributed by atoms with E-state index >= 15 is 0 Å². The molecule has 0 aromatic rings. The van der Waals surface area contributed by atoms with E-state index in [1.807, 2.05) is 0 Å². The molecule has 18 heavy (non-hydrogen) atoms. The molecule has 2 aliphatic rings. The van der Waals surface area contributed by atoms with Crippen LogP contribution < -0.4 is 0 Å². The average molecular weight is 252 g/mol. The molecule has 0 aromatic carbocycles. The van der Waals surface area contributed by atoms with E-state index in [2.05, 4.69) is 0 Å². The van der Waals surface area contributed by atoms with E-state index in [-0.39, 0.29) is 17.7 Å². The van der Waals surface area contributed by atoms with Crippen molar-refractivity contribution in [3.05, 3.63) is 0 Å². The standard InChI is InChI=1S/C15H24O3/c1-18-14(17)15(10-6-3-7-11-15)13(16)12-8-4-2-5-9-12/h12H,2-11H2,1H3. The van der Waals surface area contributed by atoms with Gasteiger partial charge in [0.2, 0.25) is 0 Å². The molecule has 0 atom stereocenters. The number of hydrogen-bond acceptors (Lipinski definition) is 3. The van der Waals surface area contributed by atoms with Gasteiger partial charge in [-0.1, -0.05) is 38.5 Å². The van der Waals surface area contributed by atoms with Gasteiger partial charge in [0.25, 0.3) is 0 Å². The predicted octanol–water partition coefficient (Wildman–Crippen LogP) is 3.26. The van der Waals surface area contributed by atoms with E-state index in [1.54, 1.807) is 0 Å². The van der Waals surface area contributed by atoms with Gasteiger partial charge in [0.05, 0.1) is 7.11 Å². The molecule has 102 valence electrons. The highest BCUT2D eigenvalue weighted by atomic mass is 16.5. The summed E-state index contributed by atoms with van der Waals surface area (Å²) in [5.41, 5.74) is -0.797. The molecule has 0 unspecified atom stereocenters. The molecule has 2 rings (SSSR count). The third-order valence-electron chi connectivity index (χ3n) is 4.73. The van der Waals surface area contributed by atoms with E-state index in [0.717, 1.165) is 44.9 Å². The predicted molar refractivity (Wildman–Crippen MR) is 69.1 cm³/mol. The lowest BCUT2D eigenvalue weighted by molar-refractivity contribution is -0.162. The lowest BCUT2D eigenvalue weighted by Crippen LogP contribution is -2.45. The molecule has 2 fully saturated rings. The first-order valence-electron chi connectivity index (χ1n) is 7.33. The van der Waals surface area contributed by atoms with Gasteiger partial charge in [-0.15, -0.1) is 0 Å². The maximum absolute atomic E-state index is 12.8. The number of hydrogen-bond donors (Lipinski definition) is 0. The molecule has 0 heterocycles. The lowest BCUT2D eigenvalue weighted by Gasteiger charge is -2.36. The van der Waals surface area contributed by atoms with Crippen LogP contribution in [0.2, 0.25) is 0 Å². The number of carbonyl (C=O) groups excluding carboxylic acids is 2. The molecule has 2 saturated carbocycles. The molecule has 0 saturated heterocycles. The van der Waals surface area contributed by atoms with E-state index in [0.29, 0.717) is 12.8 Å². The van der Waals surface area contributed by atoms with Gasteiger partial charge in [-0.05, 0) is 25.7 Å². The van der Waals surface area contributed by atoms with Crippen molar-refractivity contribution in [3.8, 4) is 0 Å². The van der Waals surface area contributed by atoms with Crippen molar-refractivity contribution in [1.29, 1.82) is 0 Å². The highest BCUT2D eigenvalue weighted by molar-refractivity contribution is 6.04. The molecule has 0 aromatic heterocycles. The Kier molecular flexibility index (Phi) is 4.41. The summed E-state index contributed by atoms with van der Waals surface area (Å²) in [7, 11) is 1.41. The minimum Gasteiger partial charge on any atom is -0.468 e. The fourth-order valence-corrected chi connectivity index (χ4v) is 3.66. The summed E-state index contributed by atoms with van der Waals surface area (Å²) >= 11 is 0. The molecule has 0 N–H and O–H groups in total. The van der Waals surface area contributed by atoms with Crippen molar-refractivity contribution < 1.29 is 14.3 Å². The van der Waals surface area contributed by atoms with Gasteiger partial charge in [-0.2, -0.15) is 0 Å². The minimum absolute atomic E-state index is 0.107. The molecule has 3 nitrogen and oxygen atoms in total. The number of ketones is 1. The van der Waals surface area contributed by atoms with Crippen LogP contribution in [0.3, 0.4) is 0 Å². The molecule has 0 bridgehead atoms. The van der Waals surface area contributed by atoms with Crippen LogP contribution >= 0.6 is 0 Å². The Balaban J connectivity index is 2.16. The normalized spacial score (nSPS) is 24.5. The van der Waals surface area contributed by atoms with Gasteiger partial charge < -0.3 is 4.74 Å². The molecular weight excluding hydrogens is 228 g/mol. The van der Waals surface area contributed by atoms with Gasteiger partial charge in [0, 0.05) is 5.92 Å². The average Bonchev–Trinajstić information content (AvgIpc) is 2.47. The topological polar surface area (TPSA) is 43.4 Å². The first-order valence-corrected chi connectivity index (χ1v) is 7.33. The third kappa shape index (κ3) is 2.45. The number of methoxy groups -OCH3 is 1. The lowest BCUT2D eigenvalue weighted by atomic mass is 9.66. The van der Waals surface area contributed by atoms with Gasteiger partial charge in [-0.25, -0.2) is 0 Å². The number of rotatable bonds is 3. The van der Waals surface area contributed by atoms with Crippen LogP contribution in [0.1, 0.15) is 64.2 Å². The minimum atomic E-state index is -0.797. The van der Waals surface area contributed by atoms with Crippen LogP contribution in [0, 0.1) is 11.3 Å². The summed E-state index contributed by atoms with van der Waals surface area (Å²) < 4.78 is 4.95. The summed E-state index contributed by atoms with van der Waals surface area (Å²) in [6, 6.07) is 0. The number of Topliss-reactive ketones (excluding diaryl/α,β-unsaturated/α-hetero) is 1. The summed E-state index contributed by atoms with van der Waals surface area (Å²) in [5.74, 6) is 0.0162. The van der Waals surface area contributed by atoms with Crippen molar-refractivity contribution in [1.82, 2.24) is 0 Å². The second-order valence-electron chi connectivity index (χ2n) is 5.83. The fraction of sp³-hybridized carbons (Fsp3) is 0.867. The summed E-state index contributed by atoms with van der Waals surface area (Å²) in [5, 5.41) is 0. The van der Waals surface area contributed by atoms with Crippen molar-refractivity contribution in [2.45, 2.75) is 64.2 Å². The Morgan fingerprint density at radius 2 is 1.50 bits per heavy atom. The van der Waals surface area contributed by atoms with E-state index < -0.39 is 5.41 Å². The van der Waals surface area contributed by atoms with E-state index in [4.69, 9.17) is 4.74 Å². The van der Waals surface area contributed by atoms with Gasteiger partial charge in [-0.3, -0.25) is 9.59 Å². The number of esters is 1. The van der Waals surface area contributed by atoms with Crippen LogP contribution in [-0.2, 0) is 14.3 Å². The quantitative estimate of drug-likeness (QED) is 0.572. The smallest absolute Gasteiger partial charge is 0.319 e. The first kappa shape index (κ1) is 13.6. The van der Waals surface area contributed by atoms with Crippen LogP contribution in [-0.4, -0.2) is 18.9 Å². The van der Waals surface area contributed by atoms with E-state index in [1.165, 1.54) is 13.5 Å². The zero-order valence-corrected chi connectivity index (χ0v) is 11.4. The zero-order chi connectivity index (χ0) is 13.0. The largest absolute Gasteiger partial charge is 0.468 e. The second-order valence-corrected chi connectivity index (χ2v) is 5.83. The summed E-state index contributed by atoms with van der Waals surface area (Å²) in [6.45, 7) is 0. The van der Waals surface area contributed by atoms with Crippen LogP contribution in [0.4, 0.5) is 0 Å². The molecule has 2 aliphatic carbocycles. The van der Waals surface area contributed by atoms with Crippen molar-refractivity contribution in [3.63, 3.8) is 0 Å². The Labute approximate surface area is 109 Å². The van der Waals surface area contributed by atoms with Gasteiger partial charge in [0.15, 0.2) is 5.78 Å². The highest BCUT2D eigenvalue weighted by Gasteiger charge is 2.49. The van der Waals surface area contributed by atoms with Gasteiger partial charge in [0.1, 0.15) is 5.41 Å². The molecule has 3 heteroatoms. The summed E-state index contributed by atoms with van der Waals surface area (Å²) in [6.07, 6.45) is 9.94. The van der Waals surface area contributed by atoms with Crippen LogP contribution in [0.5, 0.6) is 0 Å². The molecule has 0 spiro atoms. The third-order valence-corrected chi connectivity index (χ3v) is 4.73. The molecule has 0 radical (unpaired) electrons. The zero-order valence-electron chi connectivity index (χ0n) is 11.4. The van der Waals surface area contributed by atoms with Crippen LogP contribution in [0.25, 0.3) is 0 Å². The van der Waals surface area contributed by atoms with Crippen molar-refractivity contribution in [2.24, 2.45) is 11.3 Å². The van der Waals surface area contributed by atoms with Crippen LogP contribution in [0.15, 0.2) is 0 Å². The molecule has 0 amide bonds. The number of ether oxygens (including phenoxy) is 1. The Morgan fingerprint density at radius 3 is 2.06 bits per heavy atom. The number of carbonyl (C=O) groups is 2. The summed E-state index contributed by atoms with van der Waals surface area (Å²) in [4.78, 5) is 24.9. The van der Waals surface area contributed by atoms with E-state index in [9.17, 15) is 9.59 Å². The Morgan fingerprint density at radius 1 is 0.944 bits per heavy atom. The fourth-order valence-electron chi connectivity index (χ4n) is 3.66. The second kappa shape index (κ2) is 5.85. The first-order chi connectivity index (χ1) is 8.70. The van der Waals surface area contributed by atoms with Crippen molar-refractivity contribution in [2.75, 3.05) is 7.11 Å². The maximum atomic E-state index is 12.8. The highest BCUT2D eigenvalue weighted by Crippen LogP contribution is 2.42. The molecular formula is C15H24O3. The van der Waals surface area contributed by atoms with Gasteiger partial charge >= 0.3 is 5.97 Å². The maximum Gasteiger partial charge on any atom is 0.319 e. The molecule has 0 aliphatic heterocycles. The monoisotopic (exact) mass is 252 g/mol.